The molecular formula is C23H24F6N4O6S. The fraction of sp³-hybridized carbons (Fsp3) is 0.522. The zero-order valence-corrected chi connectivity index (χ0v) is 21.7. The summed E-state index contributed by atoms with van der Waals surface area (Å²) < 4.78 is 110. The number of nitrogens with one attached hydrogen (secondary N) is 2. The number of ether oxygens (including phenoxy) is 2. The number of rotatable bonds is 8. The Morgan fingerprint density at radius 2 is 1.95 bits per heavy atom. The average molecular weight is 599 g/mol. The van der Waals surface area contributed by atoms with Crippen molar-refractivity contribution in [1.29, 1.82) is 0 Å². The number of anilines is 1. The van der Waals surface area contributed by atoms with E-state index in [1.807, 2.05) is 0 Å². The van der Waals surface area contributed by atoms with Crippen molar-refractivity contribution in [2.75, 3.05) is 30.5 Å². The molecule has 17 heteroatoms. The van der Waals surface area contributed by atoms with E-state index in [-0.39, 0.29) is 54.6 Å². The van der Waals surface area contributed by atoms with Gasteiger partial charge in [0.05, 0.1) is 17.8 Å². The third-order valence-electron chi connectivity index (χ3n) is 6.21. The summed E-state index contributed by atoms with van der Waals surface area (Å²) in [7, 11) is -3.76. The van der Waals surface area contributed by atoms with Crippen LogP contribution in [0, 0.1) is 0 Å². The van der Waals surface area contributed by atoms with E-state index in [0.717, 1.165) is 10.9 Å². The molecule has 0 saturated heterocycles. The van der Waals surface area contributed by atoms with Crippen LogP contribution in [0.15, 0.2) is 18.2 Å². The Labute approximate surface area is 223 Å². The van der Waals surface area contributed by atoms with Crippen molar-refractivity contribution in [2.45, 2.75) is 50.1 Å². The van der Waals surface area contributed by atoms with E-state index in [9.17, 15) is 44.3 Å². The number of hydrogen-bond donors (Lipinski definition) is 2. The second-order valence-corrected chi connectivity index (χ2v) is 11.7. The van der Waals surface area contributed by atoms with Gasteiger partial charge in [-0.2, -0.15) is 31.4 Å². The molecule has 1 atom stereocenters. The van der Waals surface area contributed by atoms with Crippen molar-refractivity contribution in [3.8, 4) is 11.5 Å². The number of hydrogen-bond acceptors (Lipinski definition) is 7. The number of aryl methyl sites for hydroxylation is 1. The van der Waals surface area contributed by atoms with Crippen LogP contribution in [-0.4, -0.2) is 67.6 Å². The summed E-state index contributed by atoms with van der Waals surface area (Å²) in [6.45, 7) is -1.78. The zero-order chi connectivity index (χ0) is 29.5. The summed E-state index contributed by atoms with van der Waals surface area (Å²) in [5.41, 5.74) is -0.695. The summed E-state index contributed by atoms with van der Waals surface area (Å²) in [6.07, 6.45) is -9.54. The molecule has 2 amide bonds. The molecule has 0 unspecified atom stereocenters. The maximum atomic E-state index is 13.4. The highest BCUT2D eigenvalue weighted by atomic mass is 32.2. The quantitative estimate of drug-likeness (QED) is 0.447. The van der Waals surface area contributed by atoms with Gasteiger partial charge in [0.15, 0.2) is 16.4 Å². The molecule has 0 fully saturated rings. The first-order valence-electron chi connectivity index (χ1n) is 11.9. The highest BCUT2D eigenvalue weighted by molar-refractivity contribution is 7.91. The van der Waals surface area contributed by atoms with E-state index in [1.54, 1.807) is 0 Å². The lowest BCUT2D eigenvalue weighted by Gasteiger charge is -2.41. The SMILES string of the molecule is CS(=O)(=O)CC(=O)Nc1c2c(nn1CCCC(F)(F)F)C[C@@]1(CCOc3cc(OCC(F)(F)F)ccc31)NC2=O. The van der Waals surface area contributed by atoms with E-state index in [1.165, 1.54) is 18.2 Å². The van der Waals surface area contributed by atoms with Gasteiger partial charge < -0.3 is 20.1 Å². The van der Waals surface area contributed by atoms with Crippen LogP contribution in [0.1, 0.15) is 40.9 Å². The zero-order valence-electron chi connectivity index (χ0n) is 20.9. The Hall–Kier alpha value is -3.50. The van der Waals surface area contributed by atoms with Crippen LogP contribution in [0.3, 0.4) is 0 Å². The average Bonchev–Trinajstić information content (AvgIpc) is 3.12. The smallest absolute Gasteiger partial charge is 0.422 e. The summed E-state index contributed by atoms with van der Waals surface area (Å²) in [5, 5.41) is 9.44. The van der Waals surface area contributed by atoms with Crippen LogP contribution in [0.25, 0.3) is 0 Å². The molecule has 40 heavy (non-hydrogen) atoms. The lowest BCUT2D eigenvalue weighted by atomic mass is 9.77. The molecule has 2 N–H and O–H groups in total. The molecule has 1 spiro atoms. The van der Waals surface area contributed by atoms with Crippen LogP contribution < -0.4 is 20.1 Å². The maximum Gasteiger partial charge on any atom is 0.422 e. The van der Waals surface area contributed by atoms with Crippen molar-refractivity contribution < 1.29 is 53.8 Å². The molecule has 10 nitrogen and oxygen atoms in total. The van der Waals surface area contributed by atoms with Gasteiger partial charge in [-0.25, -0.2) is 13.1 Å². The first-order chi connectivity index (χ1) is 18.4. The summed E-state index contributed by atoms with van der Waals surface area (Å²) in [6, 6.07) is 3.99. The van der Waals surface area contributed by atoms with Crippen molar-refractivity contribution in [3.05, 3.63) is 35.0 Å². The second-order valence-electron chi connectivity index (χ2n) is 9.60. The van der Waals surface area contributed by atoms with Gasteiger partial charge in [0, 0.05) is 43.7 Å². The van der Waals surface area contributed by atoms with E-state index >= 15 is 0 Å². The third-order valence-corrected chi connectivity index (χ3v) is 7.00. The summed E-state index contributed by atoms with van der Waals surface area (Å²) >= 11 is 0. The van der Waals surface area contributed by atoms with Gasteiger partial charge in [0.25, 0.3) is 5.91 Å². The van der Waals surface area contributed by atoms with Gasteiger partial charge in [-0.1, -0.05) is 0 Å². The van der Waals surface area contributed by atoms with Gasteiger partial charge in [0.2, 0.25) is 5.91 Å². The lowest BCUT2D eigenvalue weighted by molar-refractivity contribution is -0.153. The van der Waals surface area contributed by atoms with Gasteiger partial charge in [-0.3, -0.25) is 9.59 Å². The topological polar surface area (TPSA) is 129 Å². The molecule has 3 heterocycles. The number of alkyl halides is 6. The molecule has 0 bridgehead atoms. The maximum absolute atomic E-state index is 13.4. The molecule has 0 radical (unpaired) electrons. The predicted octanol–water partition coefficient (Wildman–Crippen LogP) is 3.11. The molecule has 2 aromatic rings. The fourth-order valence-electron chi connectivity index (χ4n) is 4.66. The van der Waals surface area contributed by atoms with Crippen molar-refractivity contribution >= 4 is 27.5 Å². The number of benzene rings is 1. The molecule has 1 aromatic heterocycles. The predicted molar refractivity (Wildman–Crippen MR) is 127 cm³/mol. The number of carbonyl (C=O) groups is 2. The first kappa shape index (κ1) is 29.5. The second kappa shape index (κ2) is 10.5. The molecule has 220 valence electrons. The minimum atomic E-state index is -4.56. The molecule has 2 aliphatic rings. The number of carbonyl (C=O) groups excluding carboxylic acids is 2. The largest absolute Gasteiger partial charge is 0.493 e. The normalized spacial score (nSPS) is 18.9. The molecule has 0 saturated carbocycles. The molecule has 4 rings (SSSR count). The van der Waals surface area contributed by atoms with Crippen molar-refractivity contribution in [1.82, 2.24) is 15.1 Å². The number of amides is 2. The molecule has 0 aliphatic carbocycles. The van der Waals surface area contributed by atoms with Crippen LogP contribution >= 0.6 is 0 Å². The third kappa shape index (κ3) is 6.98. The van der Waals surface area contributed by atoms with Crippen LogP contribution in [0.4, 0.5) is 32.2 Å². The van der Waals surface area contributed by atoms with E-state index in [4.69, 9.17) is 9.47 Å². The van der Waals surface area contributed by atoms with Crippen LogP contribution in [0.5, 0.6) is 11.5 Å². The van der Waals surface area contributed by atoms with Gasteiger partial charge in [-0.15, -0.1) is 0 Å². The van der Waals surface area contributed by atoms with E-state index < -0.39 is 64.7 Å². The Kier molecular flexibility index (Phi) is 7.72. The number of halogens is 6. The highest BCUT2D eigenvalue weighted by Crippen LogP contribution is 2.44. The van der Waals surface area contributed by atoms with Crippen LogP contribution in [-0.2, 0) is 33.1 Å². The van der Waals surface area contributed by atoms with E-state index in [0.29, 0.717) is 5.56 Å². The van der Waals surface area contributed by atoms with Crippen molar-refractivity contribution in [2.24, 2.45) is 0 Å². The Balaban J connectivity index is 1.67. The van der Waals surface area contributed by atoms with Crippen LogP contribution in [0.2, 0.25) is 0 Å². The fourth-order valence-corrected chi connectivity index (χ4v) is 5.21. The summed E-state index contributed by atoms with van der Waals surface area (Å²) in [5.74, 6) is -2.84. The summed E-state index contributed by atoms with van der Waals surface area (Å²) in [4.78, 5) is 25.7. The number of sulfone groups is 1. The van der Waals surface area contributed by atoms with Gasteiger partial charge in [-0.05, 0) is 18.6 Å². The molecular weight excluding hydrogens is 574 g/mol. The Bertz CT molecular complexity index is 1420. The number of nitrogens with zero attached hydrogens (tertiary/aromatic N) is 2. The Morgan fingerprint density at radius 3 is 2.60 bits per heavy atom. The first-order valence-corrected chi connectivity index (χ1v) is 13.9. The van der Waals surface area contributed by atoms with Gasteiger partial charge >= 0.3 is 12.4 Å². The molecule has 2 aliphatic heterocycles. The standard InChI is InChI=1S/C23H24F6N4O6S/c1-40(36,37)11-17(34)30-19-18-15(32-33(19)7-2-5-22(24,25)26)10-21(31-20(18)35)6-8-38-16-9-13(3-4-14(16)21)39-12-23(27,28)29/h3-4,9H,2,5-8,10-12H2,1H3,(H,30,34)(H,31,35)/t21-/m1/s1. The monoisotopic (exact) mass is 598 g/mol. The molecule has 1 aromatic carbocycles. The Morgan fingerprint density at radius 1 is 1.23 bits per heavy atom. The lowest BCUT2D eigenvalue weighted by Crippen LogP contribution is -2.53. The number of fused-ring (bicyclic) bond motifs is 3. The minimum absolute atomic E-state index is 0.00834. The van der Waals surface area contributed by atoms with Gasteiger partial charge in [0.1, 0.15) is 28.6 Å². The van der Waals surface area contributed by atoms with Crippen molar-refractivity contribution in [3.63, 3.8) is 0 Å². The minimum Gasteiger partial charge on any atom is -0.493 e. The van der Waals surface area contributed by atoms with E-state index in [2.05, 4.69) is 15.7 Å². The highest BCUT2D eigenvalue weighted by Gasteiger charge is 2.46. The number of aromatic nitrogens is 2.